The zero-order valence-corrected chi connectivity index (χ0v) is 13.0. The van der Waals surface area contributed by atoms with Crippen LogP contribution in [0.1, 0.15) is 10.4 Å². The van der Waals surface area contributed by atoms with E-state index in [4.69, 9.17) is 5.11 Å². The maximum Gasteiger partial charge on any atom is 0.337 e. The summed E-state index contributed by atoms with van der Waals surface area (Å²) in [6.45, 7) is 7.86. The van der Waals surface area contributed by atoms with Gasteiger partial charge in [0.25, 0.3) is 0 Å². The number of aromatic carboxylic acids is 1. The molecular formula is C14H15IN2O3. The first-order valence-electron chi connectivity index (χ1n) is 5.80. The van der Waals surface area contributed by atoms with Crippen LogP contribution in [-0.4, -0.2) is 35.1 Å². The van der Waals surface area contributed by atoms with E-state index in [0.29, 0.717) is 13.1 Å². The van der Waals surface area contributed by atoms with E-state index in [1.807, 2.05) is 22.6 Å². The Kier molecular flexibility index (Phi) is 6.23. The molecule has 2 amide bonds. The molecule has 0 saturated carbocycles. The summed E-state index contributed by atoms with van der Waals surface area (Å²) >= 11 is 2.02. The van der Waals surface area contributed by atoms with Crippen molar-refractivity contribution in [2.75, 3.05) is 18.4 Å². The predicted octanol–water partition coefficient (Wildman–Crippen LogP) is 3.20. The summed E-state index contributed by atoms with van der Waals surface area (Å²) in [6, 6.07) is 4.41. The maximum atomic E-state index is 12.1. The van der Waals surface area contributed by atoms with Crippen LogP contribution in [0.5, 0.6) is 0 Å². The Morgan fingerprint density at radius 1 is 1.30 bits per heavy atom. The van der Waals surface area contributed by atoms with Gasteiger partial charge in [0.05, 0.1) is 11.3 Å². The second-order valence-corrected chi connectivity index (χ2v) is 5.15. The molecule has 0 aliphatic heterocycles. The molecule has 2 N–H and O–H groups in total. The first-order valence-corrected chi connectivity index (χ1v) is 6.88. The van der Waals surface area contributed by atoms with Crippen LogP contribution in [-0.2, 0) is 0 Å². The highest BCUT2D eigenvalue weighted by Gasteiger charge is 2.16. The van der Waals surface area contributed by atoms with E-state index in [2.05, 4.69) is 18.5 Å². The van der Waals surface area contributed by atoms with Gasteiger partial charge in [0.1, 0.15) is 0 Å². The number of amides is 2. The van der Waals surface area contributed by atoms with Crippen molar-refractivity contribution in [2.45, 2.75) is 0 Å². The van der Waals surface area contributed by atoms with Crippen molar-refractivity contribution in [3.8, 4) is 0 Å². The Morgan fingerprint density at radius 2 is 1.90 bits per heavy atom. The van der Waals surface area contributed by atoms with Gasteiger partial charge >= 0.3 is 12.0 Å². The average Bonchev–Trinajstić information content (AvgIpc) is 2.40. The standard InChI is InChI=1S/C14H15IN2O3/c1-3-7-17(8-4-2)14(20)16-12-6-5-10(15)9-11(12)13(18)19/h3-6,9H,1-2,7-8H2,(H,16,20)(H,18,19). The third-order valence-electron chi connectivity index (χ3n) is 2.44. The molecule has 0 saturated heterocycles. The molecule has 1 aromatic rings. The predicted molar refractivity (Wildman–Crippen MR) is 87.1 cm³/mol. The molecule has 0 spiro atoms. The van der Waals surface area contributed by atoms with E-state index in [1.54, 1.807) is 24.3 Å². The van der Waals surface area contributed by atoms with Gasteiger partial charge in [-0.15, -0.1) is 13.2 Å². The summed E-state index contributed by atoms with van der Waals surface area (Å²) in [4.78, 5) is 24.7. The minimum Gasteiger partial charge on any atom is -0.478 e. The number of nitrogens with one attached hydrogen (secondary N) is 1. The Morgan fingerprint density at radius 3 is 2.40 bits per heavy atom. The number of nitrogens with zero attached hydrogens (tertiary/aromatic N) is 1. The van der Waals surface area contributed by atoms with E-state index >= 15 is 0 Å². The summed E-state index contributed by atoms with van der Waals surface area (Å²) in [5.41, 5.74) is 0.323. The molecule has 0 fully saturated rings. The summed E-state index contributed by atoms with van der Waals surface area (Å²) < 4.78 is 0.784. The lowest BCUT2D eigenvalue weighted by atomic mass is 10.2. The number of carboxylic acids is 1. The van der Waals surface area contributed by atoms with E-state index < -0.39 is 12.0 Å². The highest BCUT2D eigenvalue weighted by atomic mass is 127. The molecule has 0 aliphatic rings. The number of carboxylic acid groups (broad SMARTS) is 1. The summed E-state index contributed by atoms with van der Waals surface area (Å²) in [5.74, 6) is -1.09. The fourth-order valence-corrected chi connectivity index (χ4v) is 2.04. The van der Waals surface area contributed by atoms with Crippen molar-refractivity contribution in [1.82, 2.24) is 4.90 Å². The van der Waals surface area contributed by atoms with Gasteiger partial charge in [-0.3, -0.25) is 0 Å². The number of hydrogen-bond acceptors (Lipinski definition) is 2. The van der Waals surface area contributed by atoms with Crippen LogP contribution in [0.4, 0.5) is 10.5 Å². The van der Waals surface area contributed by atoms with Crippen molar-refractivity contribution in [2.24, 2.45) is 0 Å². The fourth-order valence-electron chi connectivity index (χ4n) is 1.55. The second kappa shape index (κ2) is 7.68. The van der Waals surface area contributed by atoms with E-state index in [9.17, 15) is 9.59 Å². The molecule has 0 bridgehead atoms. The molecule has 0 unspecified atom stereocenters. The minimum absolute atomic E-state index is 0.0578. The van der Waals surface area contributed by atoms with Crippen LogP contribution in [0.3, 0.4) is 0 Å². The highest BCUT2D eigenvalue weighted by molar-refractivity contribution is 14.1. The lowest BCUT2D eigenvalue weighted by molar-refractivity contribution is 0.0698. The third-order valence-corrected chi connectivity index (χ3v) is 3.11. The van der Waals surface area contributed by atoms with Crippen LogP contribution in [0.2, 0.25) is 0 Å². The number of benzene rings is 1. The number of carbonyl (C=O) groups is 2. The molecule has 0 aromatic heterocycles. The zero-order chi connectivity index (χ0) is 15.1. The van der Waals surface area contributed by atoms with Crippen molar-refractivity contribution in [3.05, 3.63) is 52.6 Å². The topological polar surface area (TPSA) is 69.6 Å². The van der Waals surface area contributed by atoms with Gasteiger partial charge in [-0.25, -0.2) is 9.59 Å². The molecular weight excluding hydrogens is 371 g/mol. The molecule has 20 heavy (non-hydrogen) atoms. The largest absolute Gasteiger partial charge is 0.478 e. The Balaban J connectivity index is 2.96. The average molecular weight is 386 g/mol. The molecule has 6 heteroatoms. The minimum atomic E-state index is -1.09. The first-order chi connectivity index (χ1) is 9.49. The van der Waals surface area contributed by atoms with Crippen molar-refractivity contribution in [3.63, 3.8) is 0 Å². The van der Waals surface area contributed by atoms with Gasteiger partial charge in [0.15, 0.2) is 0 Å². The molecule has 1 aromatic carbocycles. The number of carbonyl (C=O) groups excluding carboxylic acids is 1. The van der Waals surface area contributed by atoms with Crippen LogP contribution in [0, 0.1) is 3.57 Å². The smallest absolute Gasteiger partial charge is 0.337 e. The summed E-state index contributed by atoms with van der Waals surface area (Å²) in [5, 5.41) is 11.7. The first kappa shape index (κ1) is 16.2. The fraction of sp³-hybridized carbons (Fsp3) is 0.143. The Hall–Kier alpha value is -1.83. The molecule has 106 valence electrons. The maximum absolute atomic E-state index is 12.1. The van der Waals surface area contributed by atoms with Crippen LogP contribution >= 0.6 is 22.6 Å². The van der Waals surface area contributed by atoms with E-state index in [1.165, 1.54) is 11.0 Å². The number of anilines is 1. The second-order valence-electron chi connectivity index (χ2n) is 3.91. The lowest BCUT2D eigenvalue weighted by Crippen LogP contribution is -2.35. The Bertz CT molecular complexity index is 533. The normalized spacial score (nSPS) is 9.65. The van der Waals surface area contributed by atoms with Crippen LogP contribution in [0.25, 0.3) is 0 Å². The molecule has 0 heterocycles. The SMILES string of the molecule is C=CCN(CC=C)C(=O)Nc1ccc(I)cc1C(=O)O. The van der Waals surface area contributed by atoms with Gasteiger partial charge in [-0.1, -0.05) is 12.2 Å². The third kappa shape index (κ3) is 4.37. The monoisotopic (exact) mass is 386 g/mol. The number of hydrogen-bond donors (Lipinski definition) is 2. The molecule has 5 nitrogen and oxygen atoms in total. The van der Waals surface area contributed by atoms with Crippen molar-refractivity contribution < 1.29 is 14.7 Å². The summed E-state index contributed by atoms with van der Waals surface area (Å²) in [6.07, 6.45) is 3.18. The van der Waals surface area contributed by atoms with Crippen molar-refractivity contribution in [1.29, 1.82) is 0 Å². The van der Waals surface area contributed by atoms with Gasteiger partial charge in [-0.05, 0) is 40.8 Å². The Labute approximate surface area is 131 Å². The van der Waals surface area contributed by atoms with E-state index in [-0.39, 0.29) is 11.3 Å². The molecule has 0 aliphatic carbocycles. The lowest BCUT2D eigenvalue weighted by Gasteiger charge is -2.20. The number of urea groups is 1. The van der Waals surface area contributed by atoms with E-state index in [0.717, 1.165) is 3.57 Å². The van der Waals surface area contributed by atoms with Crippen LogP contribution in [0.15, 0.2) is 43.5 Å². The number of rotatable bonds is 6. The van der Waals surface area contributed by atoms with Crippen LogP contribution < -0.4 is 5.32 Å². The zero-order valence-electron chi connectivity index (χ0n) is 10.8. The van der Waals surface area contributed by atoms with Gasteiger partial charge in [-0.2, -0.15) is 0 Å². The van der Waals surface area contributed by atoms with Gasteiger partial charge in [0.2, 0.25) is 0 Å². The summed E-state index contributed by atoms with van der Waals surface area (Å²) in [7, 11) is 0. The molecule has 1 rings (SSSR count). The number of halogens is 1. The van der Waals surface area contributed by atoms with Gasteiger partial charge in [0, 0.05) is 16.7 Å². The molecule has 0 radical (unpaired) electrons. The van der Waals surface area contributed by atoms with Gasteiger partial charge < -0.3 is 15.3 Å². The highest BCUT2D eigenvalue weighted by Crippen LogP contribution is 2.19. The van der Waals surface area contributed by atoms with Crippen molar-refractivity contribution >= 4 is 40.3 Å². The quantitative estimate of drug-likeness (QED) is 0.583. The molecule has 0 atom stereocenters.